The zero-order valence-corrected chi connectivity index (χ0v) is 8.74. The van der Waals surface area contributed by atoms with E-state index in [9.17, 15) is 13.2 Å². The van der Waals surface area contributed by atoms with Crippen LogP contribution in [0.2, 0.25) is 0 Å². The number of hydrogen-bond acceptors (Lipinski definition) is 2. The van der Waals surface area contributed by atoms with E-state index in [1.54, 1.807) is 13.8 Å². The molecular weight excluding hydrogens is 219 g/mol. The third-order valence-corrected chi connectivity index (χ3v) is 2.62. The number of aromatic amines is 1. The first-order chi connectivity index (χ1) is 7.30. The number of aromatic nitrogens is 2. The lowest BCUT2D eigenvalue weighted by atomic mass is 10.1. The van der Waals surface area contributed by atoms with Crippen LogP contribution in [-0.2, 0) is 6.18 Å². The van der Waals surface area contributed by atoms with E-state index in [4.69, 9.17) is 5.73 Å². The van der Waals surface area contributed by atoms with Crippen molar-refractivity contribution in [3.8, 4) is 0 Å². The van der Waals surface area contributed by atoms with Crippen molar-refractivity contribution < 1.29 is 13.2 Å². The van der Waals surface area contributed by atoms with Gasteiger partial charge in [0.05, 0.1) is 5.52 Å². The molecule has 0 aliphatic carbocycles. The molecule has 0 unspecified atom stereocenters. The normalized spacial score (nSPS) is 12.3. The van der Waals surface area contributed by atoms with E-state index in [1.807, 2.05) is 0 Å². The fraction of sp³-hybridized carbons (Fsp3) is 0.300. The van der Waals surface area contributed by atoms with Gasteiger partial charge in [-0.1, -0.05) is 0 Å². The Labute approximate surface area is 89.5 Å². The number of H-pyrrole nitrogens is 1. The smallest absolute Gasteiger partial charge is 0.382 e. The third-order valence-electron chi connectivity index (χ3n) is 2.62. The zero-order valence-electron chi connectivity index (χ0n) is 8.74. The molecule has 0 bridgehead atoms. The van der Waals surface area contributed by atoms with Crippen molar-refractivity contribution in [2.45, 2.75) is 20.0 Å². The maximum Gasteiger partial charge on any atom is 0.433 e. The minimum Gasteiger partial charge on any atom is -0.382 e. The Hall–Kier alpha value is -1.72. The molecule has 0 atom stereocenters. The van der Waals surface area contributed by atoms with Crippen LogP contribution in [0.3, 0.4) is 0 Å². The molecule has 86 valence electrons. The summed E-state index contributed by atoms with van der Waals surface area (Å²) in [6, 6.07) is 1.02. The van der Waals surface area contributed by atoms with Gasteiger partial charge in [-0.25, -0.2) is 4.98 Å². The Bertz CT molecular complexity index is 554. The van der Waals surface area contributed by atoms with Crippen LogP contribution in [0.1, 0.15) is 17.0 Å². The van der Waals surface area contributed by atoms with Crippen molar-refractivity contribution in [1.29, 1.82) is 0 Å². The quantitative estimate of drug-likeness (QED) is 0.729. The Morgan fingerprint density at radius 3 is 2.50 bits per heavy atom. The summed E-state index contributed by atoms with van der Waals surface area (Å²) in [6.07, 6.45) is -4.47. The van der Waals surface area contributed by atoms with Gasteiger partial charge in [-0.3, -0.25) is 0 Å². The Balaban J connectivity index is 2.80. The second-order valence-electron chi connectivity index (χ2n) is 3.69. The van der Waals surface area contributed by atoms with E-state index in [0.29, 0.717) is 10.9 Å². The highest BCUT2D eigenvalue weighted by Crippen LogP contribution is 2.33. The fourth-order valence-corrected chi connectivity index (χ4v) is 1.62. The molecule has 2 heterocycles. The topological polar surface area (TPSA) is 54.7 Å². The number of nitrogen functional groups attached to an aromatic ring is 1. The maximum absolute atomic E-state index is 12.5. The minimum absolute atomic E-state index is 0.124. The first-order valence-electron chi connectivity index (χ1n) is 4.63. The second-order valence-corrected chi connectivity index (χ2v) is 3.69. The van der Waals surface area contributed by atoms with Crippen molar-refractivity contribution in [3.63, 3.8) is 0 Å². The van der Waals surface area contributed by atoms with Gasteiger partial charge >= 0.3 is 6.18 Å². The molecule has 6 heteroatoms. The molecule has 2 rings (SSSR count). The van der Waals surface area contributed by atoms with Gasteiger partial charge < -0.3 is 10.7 Å². The molecule has 16 heavy (non-hydrogen) atoms. The van der Waals surface area contributed by atoms with Crippen LogP contribution in [0.25, 0.3) is 10.9 Å². The molecular formula is C10H10F3N3. The number of fused-ring (bicyclic) bond motifs is 1. The molecule has 0 spiro atoms. The second kappa shape index (κ2) is 3.13. The Kier molecular flexibility index (Phi) is 2.11. The average molecular weight is 229 g/mol. The predicted molar refractivity (Wildman–Crippen MR) is 55.0 cm³/mol. The van der Waals surface area contributed by atoms with Crippen LogP contribution in [0, 0.1) is 13.8 Å². The summed E-state index contributed by atoms with van der Waals surface area (Å²) in [5.41, 5.74) is 6.55. The molecule has 0 aliphatic rings. The van der Waals surface area contributed by atoms with Gasteiger partial charge in [-0.2, -0.15) is 13.2 Å². The van der Waals surface area contributed by atoms with Crippen molar-refractivity contribution in [3.05, 3.63) is 23.0 Å². The molecule has 0 radical (unpaired) electrons. The van der Waals surface area contributed by atoms with Crippen LogP contribution in [0.15, 0.2) is 6.07 Å². The molecule has 0 aliphatic heterocycles. The lowest BCUT2D eigenvalue weighted by molar-refractivity contribution is -0.140. The first kappa shape index (κ1) is 10.8. The first-order valence-corrected chi connectivity index (χ1v) is 4.63. The Morgan fingerprint density at radius 2 is 1.94 bits per heavy atom. The summed E-state index contributed by atoms with van der Waals surface area (Å²) in [7, 11) is 0. The summed E-state index contributed by atoms with van der Waals surface area (Å²) < 4.78 is 37.5. The number of rotatable bonds is 0. The summed E-state index contributed by atoms with van der Waals surface area (Å²) >= 11 is 0. The van der Waals surface area contributed by atoms with E-state index in [-0.39, 0.29) is 5.82 Å². The van der Waals surface area contributed by atoms with Gasteiger partial charge in [0.2, 0.25) is 0 Å². The van der Waals surface area contributed by atoms with Gasteiger partial charge in [0.1, 0.15) is 11.5 Å². The molecule has 0 aromatic carbocycles. The molecule has 3 N–H and O–H groups in total. The lowest BCUT2D eigenvalue weighted by Crippen LogP contribution is -2.09. The number of aryl methyl sites for hydroxylation is 2. The van der Waals surface area contributed by atoms with E-state index in [2.05, 4.69) is 9.97 Å². The van der Waals surface area contributed by atoms with Crippen LogP contribution in [-0.4, -0.2) is 9.97 Å². The van der Waals surface area contributed by atoms with Gasteiger partial charge in [0.15, 0.2) is 0 Å². The van der Waals surface area contributed by atoms with Crippen molar-refractivity contribution >= 4 is 16.7 Å². The molecule has 0 saturated carbocycles. The van der Waals surface area contributed by atoms with E-state index < -0.39 is 11.9 Å². The molecule has 3 nitrogen and oxygen atoms in total. The van der Waals surface area contributed by atoms with E-state index in [0.717, 1.165) is 17.3 Å². The SMILES string of the molecule is Cc1[nH]c2c(N)nc(C(F)(F)F)cc2c1C. The molecule has 0 amide bonds. The minimum atomic E-state index is -4.47. The van der Waals surface area contributed by atoms with Gasteiger partial charge in [0.25, 0.3) is 0 Å². The lowest BCUT2D eigenvalue weighted by Gasteiger charge is -2.07. The van der Waals surface area contributed by atoms with Crippen LogP contribution < -0.4 is 5.73 Å². The largest absolute Gasteiger partial charge is 0.433 e. The van der Waals surface area contributed by atoms with Crippen molar-refractivity contribution in [1.82, 2.24) is 9.97 Å². The highest BCUT2D eigenvalue weighted by molar-refractivity contribution is 5.91. The molecule has 0 fully saturated rings. The summed E-state index contributed by atoms with van der Waals surface area (Å²) in [4.78, 5) is 6.27. The third kappa shape index (κ3) is 1.50. The zero-order chi connectivity index (χ0) is 12.1. The van der Waals surface area contributed by atoms with E-state index in [1.165, 1.54) is 0 Å². The highest BCUT2D eigenvalue weighted by Gasteiger charge is 2.33. The number of alkyl halides is 3. The Morgan fingerprint density at radius 1 is 1.31 bits per heavy atom. The van der Waals surface area contributed by atoms with Gasteiger partial charge in [-0.15, -0.1) is 0 Å². The van der Waals surface area contributed by atoms with Crippen LogP contribution in [0.5, 0.6) is 0 Å². The number of nitrogens with two attached hydrogens (primary N) is 1. The number of pyridine rings is 1. The number of halogens is 3. The molecule has 2 aromatic rings. The molecule has 2 aromatic heterocycles. The summed E-state index contributed by atoms with van der Waals surface area (Å²) in [6.45, 7) is 3.52. The van der Waals surface area contributed by atoms with Crippen LogP contribution >= 0.6 is 0 Å². The standard InChI is InChI=1S/C10H10F3N3/c1-4-5(2)15-8-6(4)3-7(10(11,12)13)16-9(8)14/h3,15H,1-2H3,(H2,14,16). The molecule has 0 saturated heterocycles. The van der Waals surface area contributed by atoms with Gasteiger partial charge in [0, 0.05) is 11.1 Å². The maximum atomic E-state index is 12.5. The van der Waals surface area contributed by atoms with Crippen LogP contribution in [0.4, 0.5) is 19.0 Å². The van der Waals surface area contributed by atoms with E-state index >= 15 is 0 Å². The monoisotopic (exact) mass is 229 g/mol. The number of hydrogen-bond donors (Lipinski definition) is 2. The fourth-order valence-electron chi connectivity index (χ4n) is 1.62. The number of nitrogens with one attached hydrogen (secondary N) is 1. The number of nitrogens with zero attached hydrogens (tertiary/aromatic N) is 1. The number of anilines is 1. The van der Waals surface area contributed by atoms with Gasteiger partial charge in [-0.05, 0) is 25.5 Å². The summed E-state index contributed by atoms with van der Waals surface area (Å²) in [5.74, 6) is -0.124. The summed E-state index contributed by atoms with van der Waals surface area (Å²) in [5, 5.41) is 0.470. The predicted octanol–water partition coefficient (Wildman–Crippen LogP) is 2.78. The van der Waals surface area contributed by atoms with Crippen molar-refractivity contribution in [2.75, 3.05) is 5.73 Å². The average Bonchev–Trinajstić information content (AvgIpc) is 2.44. The highest BCUT2D eigenvalue weighted by atomic mass is 19.4. The van der Waals surface area contributed by atoms with Crippen molar-refractivity contribution in [2.24, 2.45) is 0 Å².